The minimum atomic E-state index is -1.32. The number of nitrogens with one attached hydrogen (secondary N) is 1. The van der Waals surface area contributed by atoms with E-state index < -0.39 is 59.6 Å². The second-order valence-corrected chi connectivity index (χ2v) is 15.9. The van der Waals surface area contributed by atoms with E-state index in [9.17, 15) is 24.3 Å². The third-order valence-electron chi connectivity index (χ3n) is 11.2. The van der Waals surface area contributed by atoms with Crippen LogP contribution in [0.25, 0.3) is 0 Å². The fourth-order valence-corrected chi connectivity index (χ4v) is 9.77. The average molecular weight is 773 g/mol. The van der Waals surface area contributed by atoms with Gasteiger partial charge in [-0.1, -0.05) is 91.5 Å². The molecule has 0 aromatic heterocycles. The van der Waals surface area contributed by atoms with Gasteiger partial charge in [0.05, 0.1) is 43.2 Å². The predicted molar refractivity (Wildman–Crippen MR) is 196 cm³/mol. The summed E-state index contributed by atoms with van der Waals surface area (Å²) in [6.07, 6.45) is 7.56. The number of esters is 1. The Morgan fingerprint density at radius 3 is 2.47 bits per heavy atom. The van der Waals surface area contributed by atoms with Crippen molar-refractivity contribution >= 4 is 39.6 Å². The van der Waals surface area contributed by atoms with E-state index >= 15 is 0 Å². The molecule has 3 amide bonds. The van der Waals surface area contributed by atoms with Crippen molar-refractivity contribution in [2.24, 2.45) is 17.8 Å². The third-order valence-corrected chi connectivity index (χ3v) is 12.0. The number of methoxy groups -OCH3 is 1. The number of likely N-dealkylation sites (tertiary alicyclic amines) is 1. The molecule has 3 saturated heterocycles. The number of allylic oxidation sites excluding steroid dienone is 1. The maximum absolute atomic E-state index is 15.0. The molecule has 1 unspecified atom stereocenters. The first-order valence-electron chi connectivity index (χ1n) is 18.3. The normalized spacial score (nSPS) is 28.9. The minimum absolute atomic E-state index is 0.00606. The van der Waals surface area contributed by atoms with Crippen molar-refractivity contribution in [3.8, 4) is 0 Å². The highest BCUT2D eigenvalue weighted by Crippen LogP contribution is 2.61. The standard InChI is InChI=1S/C39H54BrN3O8/c1-6-8-19-30(45)41-28(23-49-5)33(25-15-11-9-12-16-25)50-38(48)31-32-36(46)43(29(22-44)24(3)4)35(39(32)21-27(40)34(31)51-39)37(47)42(20-7-2)26-17-13-10-14-18-26/h6-7,9,11-12,15-16,24,26-29,31-35,44H,1-2,8,10,13-14,17-23H2,3-5H3,(H,41,45)/t27?,28-,29-,31+,32-,33-,34+,35+,39-/m0/s1. The number of nitrogens with zero attached hydrogens (tertiary/aromatic N) is 2. The van der Waals surface area contributed by atoms with Crippen molar-refractivity contribution in [3.63, 3.8) is 0 Å². The van der Waals surface area contributed by atoms with E-state index in [-0.39, 0.29) is 48.2 Å². The monoisotopic (exact) mass is 771 g/mol. The molecule has 5 rings (SSSR count). The van der Waals surface area contributed by atoms with Gasteiger partial charge in [-0.25, -0.2) is 0 Å². The zero-order valence-electron chi connectivity index (χ0n) is 30.1. The average Bonchev–Trinajstić information content (AvgIpc) is 3.72. The zero-order valence-corrected chi connectivity index (χ0v) is 31.7. The molecular formula is C39H54BrN3O8. The molecule has 1 aliphatic carbocycles. The van der Waals surface area contributed by atoms with Crippen LogP contribution in [0.1, 0.15) is 76.9 Å². The molecule has 12 heteroatoms. The number of aliphatic hydroxyl groups excluding tert-OH is 1. The molecule has 2 bridgehead atoms. The number of rotatable bonds is 17. The summed E-state index contributed by atoms with van der Waals surface area (Å²) in [5.41, 5.74) is -0.675. The molecular weight excluding hydrogens is 718 g/mol. The Morgan fingerprint density at radius 1 is 1.16 bits per heavy atom. The molecule has 11 nitrogen and oxygen atoms in total. The second-order valence-electron chi connectivity index (χ2n) is 14.7. The summed E-state index contributed by atoms with van der Waals surface area (Å²) >= 11 is 3.76. The Balaban J connectivity index is 1.54. The van der Waals surface area contributed by atoms with Gasteiger partial charge < -0.3 is 34.4 Å². The summed E-state index contributed by atoms with van der Waals surface area (Å²) < 4.78 is 18.6. The van der Waals surface area contributed by atoms with Gasteiger partial charge in [0, 0.05) is 30.9 Å². The van der Waals surface area contributed by atoms with Gasteiger partial charge in [0.1, 0.15) is 17.7 Å². The maximum atomic E-state index is 15.0. The van der Waals surface area contributed by atoms with Gasteiger partial charge in [-0.05, 0) is 37.2 Å². The molecule has 1 saturated carbocycles. The summed E-state index contributed by atoms with van der Waals surface area (Å²) in [6.45, 7) is 11.5. The molecule has 2 N–H and O–H groups in total. The fourth-order valence-electron chi connectivity index (χ4n) is 8.83. The lowest BCUT2D eigenvalue weighted by atomic mass is 9.70. The van der Waals surface area contributed by atoms with Gasteiger partial charge in [-0.15, -0.1) is 13.2 Å². The van der Waals surface area contributed by atoms with Crippen LogP contribution in [-0.4, -0.2) is 106 Å². The highest BCUT2D eigenvalue weighted by molar-refractivity contribution is 9.09. The summed E-state index contributed by atoms with van der Waals surface area (Å²) in [6, 6.07) is 6.65. The number of hydrogen-bond acceptors (Lipinski definition) is 8. The largest absolute Gasteiger partial charge is 0.455 e. The number of ether oxygens (including phenoxy) is 3. The lowest BCUT2D eigenvalue weighted by Gasteiger charge is -2.43. The Bertz CT molecular complexity index is 1420. The molecule has 4 aliphatic rings. The second kappa shape index (κ2) is 17.2. The molecule has 9 atom stereocenters. The first-order chi connectivity index (χ1) is 24.5. The number of benzene rings is 1. The number of carbonyl (C=O) groups excluding carboxylic acids is 4. The molecule has 1 spiro atoms. The number of halogens is 1. The van der Waals surface area contributed by atoms with Gasteiger partial charge in [0.25, 0.3) is 0 Å². The van der Waals surface area contributed by atoms with Crippen molar-refractivity contribution in [3.05, 3.63) is 61.2 Å². The van der Waals surface area contributed by atoms with Gasteiger partial charge in [0.15, 0.2) is 0 Å². The molecule has 3 heterocycles. The Kier molecular flexibility index (Phi) is 13.2. The van der Waals surface area contributed by atoms with Crippen LogP contribution in [0.4, 0.5) is 0 Å². The molecule has 3 aliphatic heterocycles. The Labute approximate surface area is 310 Å². The summed E-state index contributed by atoms with van der Waals surface area (Å²) in [5, 5.41) is 13.6. The van der Waals surface area contributed by atoms with Crippen LogP contribution in [0.15, 0.2) is 55.6 Å². The first-order valence-corrected chi connectivity index (χ1v) is 19.3. The highest BCUT2D eigenvalue weighted by atomic mass is 79.9. The van der Waals surface area contributed by atoms with E-state index in [2.05, 4.69) is 34.4 Å². The van der Waals surface area contributed by atoms with Crippen LogP contribution in [0, 0.1) is 17.8 Å². The highest BCUT2D eigenvalue weighted by Gasteiger charge is 2.78. The summed E-state index contributed by atoms with van der Waals surface area (Å²) in [7, 11) is 1.51. The third kappa shape index (κ3) is 7.70. The number of aliphatic hydroxyl groups is 1. The van der Waals surface area contributed by atoms with Crippen LogP contribution >= 0.6 is 15.9 Å². The van der Waals surface area contributed by atoms with Crippen LogP contribution in [-0.2, 0) is 33.4 Å². The number of alkyl halides is 1. The smallest absolute Gasteiger partial charge is 0.313 e. The van der Waals surface area contributed by atoms with Crippen LogP contribution in [0.2, 0.25) is 0 Å². The first kappa shape index (κ1) is 39.2. The van der Waals surface area contributed by atoms with Crippen LogP contribution < -0.4 is 5.32 Å². The fraction of sp³-hybridized carbons (Fsp3) is 0.641. The Morgan fingerprint density at radius 2 is 1.86 bits per heavy atom. The number of amides is 3. The van der Waals surface area contributed by atoms with E-state index in [1.54, 1.807) is 12.2 Å². The molecule has 1 aromatic carbocycles. The molecule has 4 fully saturated rings. The molecule has 1 aromatic rings. The molecule has 51 heavy (non-hydrogen) atoms. The number of hydrogen-bond donors (Lipinski definition) is 2. The molecule has 0 radical (unpaired) electrons. The lowest BCUT2D eigenvalue weighted by molar-refractivity contribution is -0.164. The van der Waals surface area contributed by atoms with Gasteiger partial charge in [0.2, 0.25) is 17.7 Å². The van der Waals surface area contributed by atoms with E-state index in [1.165, 1.54) is 12.0 Å². The number of carbonyl (C=O) groups is 4. The lowest BCUT2D eigenvalue weighted by Crippen LogP contribution is -2.61. The van der Waals surface area contributed by atoms with Gasteiger partial charge in [-0.2, -0.15) is 0 Å². The van der Waals surface area contributed by atoms with Crippen LogP contribution in [0.3, 0.4) is 0 Å². The van der Waals surface area contributed by atoms with E-state index in [4.69, 9.17) is 14.2 Å². The van der Waals surface area contributed by atoms with Crippen molar-refractivity contribution in [1.82, 2.24) is 15.1 Å². The van der Waals surface area contributed by atoms with E-state index in [0.717, 1.165) is 32.1 Å². The topological polar surface area (TPSA) is 135 Å². The predicted octanol–water partition coefficient (Wildman–Crippen LogP) is 4.48. The summed E-state index contributed by atoms with van der Waals surface area (Å²) in [4.78, 5) is 60.4. The maximum Gasteiger partial charge on any atom is 0.313 e. The minimum Gasteiger partial charge on any atom is -0.455 e. The van der Waals surface area contributed by atoms with Crippen molar-refractivity contribution in [1.29, 1.82) is 0 Å². The van der Waals surface area contributed by atoms with Crippen molar-refractivity contribution < 1.29 is 38.5 Å². The number of fused-ring (bicyclic) bond motifs is 1. The van der Waals surface area contributed by atoms with E-state index in [1.807, 2.05) is 49.1 Å². The molecule has 280 valence electrons. The Hall–Kier alpha value is -3.06. The van der Waals surface area contributed by atoms with E-state index in [0.29, 0.717) is 24.9 Å². The SMILES string of the molecule is C=CCCC(=O)N[C@@H](COC)[C@@H](OC(=O)[C@H]1[C@@H]2O[C@@]3(CC2Br)[C@@H]1C(=O)N([C@@H](CO)C(C)C)[C@@H]3C(=O)N(CC=C)C1CCCCC1)c1ccccc1. The van der Waals surface area contributed by atoms with Gasteiger partial charge >= 0.3 is 5.97 Å². The van der Waals surface area contributed by atoms with Crippen molar-refractivity contribution in [2.45, 2.75) is 112 Å². The zero-order chi connectivity index (χ0) is 36.9. The van der Waals surface area contributed by atoms with Crippen molar-refractivity contribution in [2.75, 3.05) is 26.9 Å². The van der Waals surface area contributed by atoms with Crippen LogP contribution in [0.5, 0.6) is 0 Å². The summed E-state index contributed by atoms with van der Waals surface area (Å²) in [5.74, 6) is -3.78. The quantitative estimate of drug-likeness (QED) is 0.135. The van der Waals surface area contributed by atoms with Gasteiger partial charge in [-0.3, -0.25) is 19.2 Å².